The van der Waals surface area contributed by atoms with E-state index in [9.17, 15) is 9.65 Å². The van der Waals surface area contributed by atoms with Crippen LogP contribution in [0.4, 0.5) is 4.39 Å². The zero-order valence-electron chi connectivity index (χ0n) is 13.3. The predicted octanol–water partition coefficient (Wildman–Crippen LogP) is 4.71. The number of ether oxygens (including phenoxy) is 1. The number of aromatic nitrogens is 1. The summed E-state index contributed by atoms with van der Waals surface area (Å²) in [4.78, 5) is 0. The van der Waals surface area contributed by atoms with Crippen LogP contribution >= 0.6 is 0 Å². The molecule has 23 heavy (non-hydrogen) atoms. The molecule has 1 atom stereocenters. The maximum absolute atomic E-state index is 13.2. The van der Waals surface area contributed by atoms with Crippen LogP contribution < -0.4 is 4.74 Å². The smallest absolute Gasteiger partial charge is 0.123 e. The molecule has 1 unspecified atom stereocenters. The molecule has 0 saturated carbocycles. The molecule has 0 bridgehead atoms. The molecule has 4 heteroatoms. The Hall–Kier alpha value is -2.80. The lowest BCUT2D eigenvalue weighted by atomic mass is 9.99. The minimum absolute atomic E-state index is 0.244. The zero-order valence-corrected chi connectivity index (χ0v) is 13.3. The van der Waals surface area contributed by atoms with Gasteiger partial charge in [0, 0.05) is 16.8 Å². The van der Waals surface area contributed by atoms with Crippen molar-refractivity contribution in [1.82, 2.24) is 4.57 Å². The molecule has 0 aliphatic carbocycles. The molecule has 0 N–H and O–H groups in total. The average molecular weight is 308 g/mol. The van der Waals surface area contributed by atoms with Gasteiger partial charge in [-0.15, -0.1) is 0 Å². The summed E-state index contributed by atoms with van der Waals surface area (Å²) in [5.74, 6) is 0.238. The average Bonchev–Trinajstić information content (AvgIpc) is 2.86. The summed E-state index contributed by atoms with van der Waals surface area (Å²) in [6.07, 6.45) is 0. The first kappa shape index (κ1) is 15.1. The van der Waals surface area contributed by atoms with Crippen molar-refractivity contribution in [2.75, 3.05) is 7.11 Å². The van der Waals surface area contributed by atoms with Crippen molar-refractivity contribution < 1.29 is 9.13 Å². The summed E-state index contributed by atoms with van der Waals surface area (Å²) in [6, 6.07) is 14.5. The Bertz CT molecular complexity index is 904. The Morgan fingerprint density at radius 2 is 1.87 bits per heavy atom. The Balaban J connectivity index is 2.36. The number of methoxy groups -OCH3 is 1. The van der Waals surface area contributed by atoms with Crippen molar-refractivity contribution >= 4 is 10.9 Å². The third-order valence-electron chi connectivity index (χ3n) is 4.17. The number of benzene rings is 2. The second-order valence-electron chi connectivity index (χ2n) is 5.54. The van der Waals surface area contributed by atoms with Crippen molar-refractivity contribution in [3.8, 4) is 17.5 Å². The lowest BCUT2D eigenvalue weighted by molar-refractivity contribution is 0.415. The summed E-state index contributed by atoms with van der Waals surface area (Å²) in [5.41, 5.74) is 3.81. The van der Waals surface area contributed by atoms with Gasteiger partial charge >= 0.3 is 0 Å². The van der Waals surface area contributed by atoms with Crippen LogP contribution in [0.2, 0.25) is 0 Å². The summed E-state index contributed by atoms with van der Waals surface area (Å²) in [5, 5.41) is 10.4. The van der Waals surface area contributed by atoms with E-state index in [1.54, 1.807) is 19.2 Å². The molecule has 0 spiro atoms. The van der Waals surface area contributed by atoms with Gasteiger partial charge in [-0.05, 0) is 61.9 Å². The van der Waals surface area contributed by atoms with Crippen LogP contribution in [-0.2, 0) is 0 Å². The number of nitriles is 1. The van der Waals surface area contributed by atoms with Crippen LogP contribution in [0.3, 0.4) is 0 Å². The third kappa shape index (κ3) is 2.44. The van der Waals surface area contributed by atoms with E-state index >= 15 is 0 Å². The third-order valence-corrected chi connectivity index (χ3v) is 4.17. The minimum atomic E-state index is -0.268. The molecule has 1 aromatic heterocycles. The molecule has 0 fully saturated rings. The molecule has 2 aromatic carbocycles. The van der Waals surface area contributed by atoms with E-state index in [2.05, 4.69) is 10.6 Å². The molecule has 0 saturated heterocycles. The number of hydrogen-bond acceptors (Lipinski definition) is 2. The fourth-order valence-corrected chi connectivity index (χ4v) is 3.08. The van der Waals surface area contributed by atoms with Crippen LogP contribution in [0.5, 0.6) is 5.75 Å². The number of halogens is 1. The second-order valence-corrected chi connectivity index (χ2v) is 5.54. The SMILES string of the molecule is COc1ccc2c(c1)c(C(C)C#N)c(C)n2-c1ccc(F)cc1. The van der Waals surface area contributed by atoms with E-state index in [-0.39, 0.29) is 11.7 Å². The molecule has 3 nitrogen and oxygen atoms in total. The molecule has 3 aromatic rings. The monoisotopic (exact) mass is 308 g/mol. The van der Waals surface area contributed by atoms with Crippen molar-refractivity contribution in [3.63, 3.8) is 0 Å². The topological polar surface area (TPSA) is 37.9 Å². The number of hydrogen-bond donors (Lipinski definition) is 0. The molecule has 0 aliphatic heterocycles. The van der Waals surface area contributed by atoms with Crippen LogP contribution in [0.25, 0.3) is 16.6 Å². The van der Waals surface area contributed by atoms with Crippen molar-refractivity contribution in [1.29, 1.82) is 5.26 Å². The molecular weight excluding hydrogens is 291 g/mol. The fourth-order valence-electron chi connectivity index (χ4n) is 3.08. The van der Waals surface area contributed by atoms with Gasteiger partial charge in [-0.1, -0.05) is 0 Å². The van der Waals surface area contributed by atoms with Crippen molar-refractivity contribution in [2.24, 2.45) is 0 Å². The maximum Gasteiger partial charge on any atom is 0.123 e. The molecule has 0 aliphatic rings. The van der Waals surface area contributed by atoms with E-state index in [4.69, 9.17) is 4.74 Å². The quantitative estimate of drug-likeness (QED) is 0.702. The highest BCUT2D eigenvalue weighted by atomic mass is 19.1. The highest BCUT2D eigenvalue weighted by Crippen LogP contribution is 2.35. The van der Waals surface area contributed by atoms with Crippen LogP contribution in [-0.4, -0.2) is 11.7 Å². The van der Waals surface area contributed by atoms with Crippen LogP contribution in [0.15, 0.2) is 42.5 Å². The minimum Gasteiger partial charge on any atom is -0.497 e. The highest BCUT2D eigenvalue weighted by Gasteiger charge is 2.20. The molecule has 3 rings (SSSR count). The maximum atomic E-state index is 13.2. The van der Waals surface area contributed by atoms with Crippen LogP contribution in [0, 0.1) is 24.1 Å². The number of fused-ring (bicyclic) bond motifs is 1. The van der Waals surface area contributed by atoms with Gasteiger partial charge in [0.15, 0.2) is 0 Å². The molecule has 116 valence electrons. The Morgan fingerprint density at radius 3 is 2.48 bits per heavy atom. The summed E-state index contributed by atoms with van der Waals surface area (Å²) in [6.45, 7) is 3.87. The van der Waals surface area contributed by atoms with E-state index in [1.807, 2.05) is 32.0 Å². The highest BCUT2D eigenvalue weighted by molar-refractivity contribution is 5.89. The van der Waals surface area contributed by atoms with E-state index < -0.39 is 0 Å². The standard InChI is InChI=1S/C19H17FN2O/c1-12(11-21)19-13(2)22(15-6-4-14(20)5-7-15)18-9-8-16(23-3)10-17(18)19/h4-10,12H,1-3H3. The second kappa shape index (κ2) is 5.77. The van der Waals surface area contributed by atoms with Gasteiger partial charge in [-0.3, -0.25) is 0 Å². The molecule has 0 amide bonds. The number of rotatable bonds is 3. The Kier molecular flexibility index (Phi) is 3.79. The lowest BCUT2D eigenvalue weighted by Crippen LogP contribution is -1.99. The fraction of sp³-hybridized carbons (Fsp3) is 0.211. The van der Waals surface area contributed by atoms with E-state index in [1.165, 1.54) is 12.1 Å². The number of nitrogens with zero attached hydrogens (tertiary/aromatic N) is 2. The predicted molar refractivity (Wildman–Crippen MR) is 88.6 cm³/mol. The first-order valence-corrected chi connectivity index (χ1v) is 7.41. The van der Waals surface area contributed by atoms with Gasteiger partial charge < -0.3 is 9.30 Å². The summed E-state index contributed by atoms with van der Waals surface area (Å²) in [7, 11) is 1.62. The lowest BCUT2D eigenvalue weighted by Gasteiger charge is -2.09. The molecule has 1 heterocycles. The Morgan fingerprint density at radius 1 is 1.17 bits per heavy atom. The largest absolute Gasteiger partial charge is 0.497 e. The van der Waals surface area contributed by atoms with Gasteiger partial charge in [-0.25, -0.2) is 4.39 Å². The normalized spacial score (nSPS) is 12.1. The summed E-state index contributed by atoms with van der Waals surface area (Å²) >= 11 is 0. The van der Waals surface area contributed by atoms with Crippen LogP contribution in [0.1, 0.15) is 24.1 Å². The zero-order chi connectivity index (χ0) is 16.6. The van der Waals surface area contributed by atoms with Gasteiger partial charge in [0.2, 0.25) is 0 Å². The van der Waals surface area contributed by atoms with E-state index in [0.29, 0.717) is 0 Å². The van der Waals surface area contributed by atoms with Gasteiger partial charge in [0.05, 0.1) is 24.6 Å². The van der Waals surface area contributed by atoms with Gasteiger partial charge in [0.1, 0.15) is 11.6 Å². The van der Waals surface area contributed by atoms with Crippen molar-refractivity contribution in [3.05, 3.63) is 59.5 Å². The first-order chi connectivity index (χ1) is 11.1. The first-order valence-electron chi connectivity index (χ1n) is 7.41. The molecular formula is C19H17FN2O. The Labute approximate surface area is 134 Å². The summed E-state index contributed by atoms with van der Waals surface area (Å²) < 4.78 is 20.6. The molecule has 0 radical (unpaired) electrons. The van der Waals surface area contributed by atoms with Gasteiger partial charge in [0.25, 0.3) is 0 Å². The van der Waals surface area contributed by atoms with Crippen molar-refractivity contribution in [2.45, 2.75) is 19.8 Å². The van der Waals surface area contributed by atoms with E-state index in [0.717, 1.165) is 33.6 Å². The van der Waals surface area contributed by atoms with Gasteiger partial charge in [-0.2, -0.15) is 5.26 Å².